The van der Waals surface area contributed by atoms with E-state index in [4.69, 9.17) is 0 Å². The van der Waals surface area contributed by atoms with Gasteiger partial charge in [0.15, 0.2) is 0 Å². The fraction of sp³-hybridized carbons (Fsp3) is 0.583. The van der Waals surface area contributed by atoms with Gasteiger partial charge < -0.3 is 0 Å². The molecule has 1 aromatic rings. The van der Waals surface area contributed by atoms with E-state index >= 15 is 0 Å². The van der Waals surface area contributed by atoms with Crippen molar-refractivity contribution in [2.75, 3.05) is 0 Å². The summed E-state index contributed by atoms with van der Waals surface area (Å²) in [5.74, 6) is 1.18. The predicted molar refractivity (Wildman–Crippen MR) is 67.9 cm³/mol. The molecule has 92 valence electrons. The number of rotatable bonds is 3. The number of carbonyl (C=O) groups is 1. The second-order valence-electron chi connectivity index (χ2n) is 4.45. The number of ketones is 1. The summed E-state index contributed by atoms with van der Waals surface area (Å²) >= 11 is 3.18. The average molecular weight is 299 g/mol. The summed E-state index contributed by atoms with van der Waals surface area (Å²) in [6.07, 6.45) is 4.93. The van der Waals surface area contributed by atoms with Gasteiger partial charge in [0, 0.05) is 25.1 Å². The van der Waals surface area contributed by atoms with E-state index < -0.39 is 0 Å². The summed E-state index contributed by atoms with van der Waals surface area (Å²) in [6, 6.07) is 0. The molecule has 1 unspecified atom stereocenters. The van der Waals surface area contributed by atoms with Crippen LogP contribution in [0, 0.1) is 12.8 Å². The van der Waals surface area contributed by atoms with Crippen molar-refractivity contribution in [3.63, 3.8) is 0 Å². The predicted octanol–water partition coefficient (Wildman–Crippen LogP) is 2.07. The van der Waals surface area contributed by atoms with Gasteiger partial charge >= 0.3 is 0 Å². The molecule has 0 spiro atoms. The van der Waals surface area contributed by atoms with Gasteiger partial charge in [0.05, 0.1) is 0 Å². The van der Waals surface area contributed by atoms with Crippen LogP contribution in [0.25, 0.3) is 0 Å². The van der Waals surface area contributed by atoms with Gasteiger partial charge in [-0.15, -0.1) is 0 Å². The van der Waals surface area contributed by atoms with Gasteiger partial charge in [-0.2, -0.15) is 0 Å². The third-order valence-corrected chi connectivity index (χ3v) is 3.88. The fourth-order valence-electron chi connectivity index (χ4n) is 2.29. The molecule has 0 saturated heterocycles. The van der Waals surface area contributed by atoms with E-state index in [2.05, 4.69) is 20.9 Å². The molecule has 0 bridgehead atoms. The highest BCUT2D eigenvalue weighted by Crippen LogP contribution is 2.24. The van der Waals surface area contributed by atoms with Crippen LogP contribution in [0.2, 0.25) is 0 Å². The van der Waals surface area contributed by atoms with Crippen molar-refractivity contribution in [3.8, 4) is 0 Å². The molecule has 0 radical (unpaired) electrons. The number of aromatic nitrogens is 2. The van der Waals surface area contributed by atoms with Crippen molar-refractivity contribution in [2.24, 2.45) is 5.92 Å². The Morgan fingerprint density at radius 2 is 2.29 bits per heavy atom. The van der Waals surface area contributed by atoms with E-state index in [9.17, 15) is 9.59 Å². The third kappa shape index (κ3) is 2.65. The summed E-state index contributed by atoms with van der Waals surface area (Å²) in [6.45, 7) is 2.39. The lowest BCUT2D eigenvalue weighted by Crippen LogP contribution is -2.25. The summed E-state index contributed by atoms with van der Waals surface area (Å²) in [7, 11) is 0. The molecule has 17 heavy (non-hydrogen) atoms. The highest BCUT2D eigenvalue weighted by Gasteiger charge is 2.24. The summed E-state index contributed by atoms with van der Waals surface area (Å²) in [5.41, 5.74) is -0.0667. The minimum absolute atomic E-state index is 0.0667. The lowest BCUT2D eigenvalue weighted by atomic mass is 10.0. The van der Waals surface area contributed by atoms with Crippen molar-refractivity contribution in [3.05, 3.63) is 26.8 Å². The minimum Gasteiger partial charge on any atom is -0.299 e. The smallest absolute Gasteiger partial charge is 0.267 e. The van der Waals surface area contributed by atoms with Gasteiger partial charge in [-0.3, -0.25) is 14.2 Å². The van der Waals surface area contributed by atoms with Crippen LogP contribution in [-0.4, -0.2) is 15.3 Å². The lowest BCUT2D eigenvalue weighted by Gasteiger charge is -2.12. The molecule has 4 nitrogen and oxygen atoms in total. The Morgan fingerprint density at radius 3 is 2.94 bits per heavy atom. The number of carbonyl (C=O) groups excluding carboxylic acids is 1. The summed E-state index contributed by atoms with van der Waals surface area (Å²) < 4.78 is 2.11. The summed E-state index contributed by atoms with van der Waals surface area (Å²) in [5, 5.41) is 0. The number of hydrogen-bond acceptors (Lipinski definition) is 3. The second-order valence-corrected chi connectivity index (χ2v) is 5.31. The van der Waals surface area contributed by atoms with Gasteiger partial charge in [-0.05, 0) is 42.1 Å². The van der Waals surface area contributed by atoms with Gasteiger partial charge in [0.1, 0.15) is 16.1 Å². The zero-order valence-corrected chi connectivity index (χ0v) is 11.4. The van der Waals surface area contributed by atoms with E-state index in [1.807, 2.05) is 6.92 Å². The van der Waals surface area contributed by atoms with Crippen LogP contribution in [0.4, 0.5) is 0 Å². The molecule has 0 amide bonds. The van der Waals surface area contributed by atoms with Crippen LogP contribution < -0.4 is 5.56 Å². The van der Waals surface area contributed by atoms with Crippen molar-refractivity contribution in [1.29, 1.82) is 0 Å². The lowest BCUT2D eigenvalue weighted by molar-refractivity contribution is -0.120. The van der Waals surface area contributed by atoms with Crippen molar-refractivity contribution in [2.45, 2.75) is 39.2 Å². The SMILES string of the molecule is Cc1ncc(Br)c(=O)n1CCC1CCCC1=O. The Bertz CT molecular complexity index is 496. The average Bonchev–Trinajstić information content (AvgIpc) is 2.70. The first kappa shape index (κ1) is 12.5. The van der Waals surface area contributed by atoms with Crippen LogP contribution in [0.15, 0.2) is 15.5 Å². The molecule has 1 aromatic heterocycles. The minimum atomic E-state index is -0.0667. The number of aryl methyl sites for hydroxylation is 1. The molecule has 1 heterocycles. The second kappa shape index (κ2) is 5.12. The Balaban J connectivity index is 2.11. The van der Waals surface area contributed by atoms with Gasteiger partial charge in [-0.1, -0.05) is 0 Å². The number of hydrogen-bond donors (Lipinski definition) is 0. The summed E-state index contributed by atoms with van der Waals surface area (Å²) in [4.78, 5) is 27.5. The normalized spacial score (nSPS) is 19.9. The molecule has 1 saturated carbocycles. The first-order valence-electron chi connectivity index (χ1n) is 5.84. The fourth-order valence-corrected chi connectivity index (χ4v) is 2.61. The monoisotopic (exact) mass is 298 g/mol. The van der Waals surface area contributed by atoms with Crippen molar-refractivity contribution < 1.29 is 4.79 Å². The van der Waals surface area contributed by atoms with Crippen LogP contribution in [0.3, 0.4) is 0 Å². The molecule has 1 aliphatic rings. The van der Waals surface area contributed by atoms with E-state index in [0.717, 1.165) is 19.3 Å². The quantitative estimate of drug-likeness (QED) is 0.858. The van der Waals surface area contributed by atoms with Crippen LogP contribution in [0.5, 0.6) is 0 Å². The largest absolute Gasteiger partial charge is 0.299 e. The Kier molecular flexibility index (Phi) is 3.76. The molecule has 2 rings (SSSR count). The van der Waals surface area contributed by atoms with Crippen LogP contribution >= 0.6 is 15.9 Å². The van der Waals surface area contributed by atoms with E-state index in [1.165, 1.54) is 6.20 Å². The standard InChI is InChI=1S/C12H15BrN2O2/c1-8-14-7-10(13)12(17)15(8)6-5-9-3-2-4-11(9)16/h7,9H,2-6H2,1H3. The van der Waals surface area contributed by atoms with Crippen molar-refractivity contribution >= 4 is 21.7 Å². The highest BCUT2D eigenvalue weighted by molar-refractivity contribution is 9.10. The first-order valence-corrected chi connectivity index (χ1v) is 6.63. The Hall–Kier alpha value is -0.970. The third-order valence-electron chi connectivity index (χ3n) is 3.34. The molecular formula is C12H15BrN2O2. The number of Topliss-reactive ketones (excluding diaryl/α,β-unsaturated/α-hetero) is 1. The van der Waals surface area contributed by atoms with Crippen LogP contribution in [-0.2, 0) is 11.3 Å². The maximum Gasteiger partial charge on any atom is 0.267 e. The molecule has 0 N–H and O–H groups in total. The molecule has 1 atom stereocenters. The van der Waals surface area contributed by atoms with Crippen molar-refractivity contribution in [1.82, 2.24) is 9.55 Å². The molecule has 5 heteroatoms. The van der Waals surface area contributed by atoms with Gasteiger partial charge in [0.2, 0.25) is 0 Å². The van der Waals surface area contributed by atoms with Gasteiger partial charge in [-0.25, -0.2) is 4.98 Å². The van der Waals surface area contributed by atoms with Gasteiger partial charge in [0.25, 0.3) is 5.56 Å². The van der Waals surface area contributed by atoms with E-state index in [0.29, 0.717) is 29.0 Å². The Morgan fingerprint density at radius 1 is 1.53 bits per heavy atom. The molecule has 1 fully saturated rings. The topological polar surface area (TPSA) is 52.0 Å². The highest BCUT2D eigenvalue weighted by atomic mass is 79.9. The molecule has 0 aromatic carbocycles. The maximum absolute atomic E-state index is 11.9. The van der Waals surface area contributed by atoms with E-state index in [-0.39, 0.29) is 11.5 Å². The first-order chi connectivity index (χ1) is 8.09. The zero-order valence-electron chi connectivity index (χ0n) is 9.78. The van der Waals surface area contributed by atoms with E-state index in [1.54, 1.807) is 4.57 Å². The number of nitrogens with zero attached hydrogens (tertiary/aromatic N) is 2. The molecule has 1 aliphatic carbocycles. The van der Waals surface area contributed by atoms with Crippen LogP contribution in [0.1, 0.15) is 31.5 Å². The maximum atomic E-state index is 11.9. The Labute approximate surface area is 108 Å². The molecule has 0 aliphatic heterocycles. The zero-order chi connectivity index (χ0) is 12.4. The molecular weight excluding hydrogens is 284 g/mol. The number of halogens is 1.